The van der Waals surface area contributed by atoms with Crippen LogP contribution in [0.5, 0.6) is 0 Å². The first-order valence-corrected chi connectivity index (χ1v) is 9.93. The fourth-order valence-corrected chi connectivity index (χ4v) is 3.77. The van der Waals surface area contributed by atoms with Crippen LogP contribution in [0, 0.1) is 6.92 Å². The van der Waals surface area contributed by atoms with Gasteiger partial charge in [-0.3, -0.25) is 9.59 Å². The van der Waals surface area contributed by atoms with Crippen LogP contribution in [-0.4, -0.2) is 52.6 Å². The Hall–Kier alpha value is -2.67. The van der Waals surface area contributed by atoms with Gasteiger partial charge in [0.25, 0.3) is 11.8 Å². The Labute approximate surface area is 164 Å². The number of imidazole rings is 1. The molecule has 1 fully saturated rings. The minimum Gasteiger partial charge on any atom is -0.378 e. The predicted molar refractivity (Wildman–Crippen MR) is 104 cm³/mol. The van der Waals surface area contributed by atoms with Crippen LogP contribution in [0.25, 0.3) is 0 Å². The third-order valence-corrected chi connectivity index (χ3v) is 5.40. The Morgan fingerprint density at radius 2 is 1.86 bits per heavy atom. The van der Waals surface area contributed by atoms with Crippen molar-refractivity contribution in [2.24, 2.45) is 0 Å². The first-order valence-electron chi connectivity index (χ1n) is 9.93. The summed E-state index contributed by atoms with van der Waals surface area (Å²) in [6.07, 6.45) is 2.79. The summed E-state index contributed by atoms with van der Waals surface area (Å²) in [7, 11) is 0. The van der Waals surface area contributed by atoms with E-state index in [0.29, 0.717) is 44.4 Å². The van der Waals surface area contributed by atoms with E-state index in [1.54, 1.807) is 4.90 Å². The average Bonchev–Trinajstić information content (AvgIpc) is 3.13. The molecule has 4 rings (SSSR count). The summed E-state index contributed by atoms with van der Waals surface area (Å²) in [6.45, 7) is 5.43. The number of morpholine rings is 1. The van der Waals surface area contributed by atoms with Gasteiger partial charge in [0.2, 0.25) is 0 Å². The molecule has 0 spiro atoms. The van der Waals surface area contributed by atoms with Crippen LogP contribution in [-0.2, 0) is 24.2 Å². The molecule has 148 valence electrons. The van der Waals surface area contributed by atoms with Gasteiger partial charge in [0.1, 0.15) is 5.69 Å². The molecule has 0 saturated carbocycles. The SMILES string of the molecule is Cc1ccc(CNC(=O)c2nc(C(=O)N3CCOCC3)c3n2CCCC3)cc1. The van der Waals surface area contributed by atoms with Crippen LogP contribution in [0.3, 0.4) is 0 Å². The number of ether oxygens (including phenoxy) is 1. The number of aromatic nitrogens is 2. The lowest BCUT2D eigenvalue weighted by Gasteiger charge is -2.26. The molecule has 0 radical (unpaired) electrons. The highest BCUT2D eigenvalue weighted by Gasteiger charge is 2.30. The summed E-state index contributed by atoms with van der Waals surface area (Å²) < 4.78 is 7.27. The molecule has 2 aliphatic heterocycles. The van der Waals surface area contributed by atoms with E-state index in [4.69, 9.17) is 4.74 Å². The first kappa shape index (κ1) is 18.7. The van der Waals surface area contributed by atoms with Gasteiger partial charge in [0.15, 0.2) is 5.82 Å². The van der Waals surface area contributed by atoms with Gasteiger partial charge in [-0.25, -0.2) is 4.98 Å². The Morgan fingerprint density at radius 1 is 1.11 bits per heavy atom. The second-order valence-corrected chi connectivity index (χ2v) is 7.41. The van der Waals surface area contributed by atoms with E-state index in [1.807, 2.05) is 35.8 Å². The lowest BCUT2D eigenvalue weighted by molar-refractivity contribution is 0.0298. The molecular formula is C21H26N4O3. The minimum absolute atomic E-state index is 0.0912. The minimum atomic E-state index is -0.232. The molecule has 1 N–H and O–H groups in total. The van der Waals surface area contributed by atoms with Gasteiger partial charge < -0.3 is 19.5 Å². The summed E-state index contributed by atoms with van der Waals surface area (Å²) in [5.41, 5.74) is 3.54. The fourth-order valence-electron chi connectivity index (χ4n) is 3.77. The number of nitrogens with one attached hydrogen (secondary N) is 1. The van der Waals surface area contributed by atoms with Gasteiger partial charge in [-0.2, -0.15) is 0 Å². The Balaban J connectivity index is 1.54. The van der Waals surface area contributed by atoms with Gasteiger partial charge in [-0.15, -0.1) is 0 Å². The smallest absolute Gasteiger partial charge is 0.287 e. The highest BCUT2D eigenvalue weighted by Crippen LogP contribution is 2.23. The maximum Gasteiger partial charge on any atom is 0.287 e. The lowest BCUT2D eigenvalue weighted by Crippen LogP contribution is -2.41. The topological polar surface area (TPSA) is 76.5 Å². The van der Waals surface area contributed by atoms with E-state index in [-0.39, 0.29) is 11.8 Å². The molecule has 3 heterocycles. The van der Waals surface area contributed by atoms with Gasteiger partial charge in [-0.1, -0.05) is 29.8 Å². The van der Waals surface area contributed by atoms with E-state index < -0.39 is 0 Å². The van der Waals surface area contributed by atoms with Crippen molar-refractivity contribution in [1.29, 1.82) is 0 Å². The quantitative estimate of drug-likeness (QED) is 0.877. The predicted octanol–water partition coefficient (Wildman–Crippen LogP) is 1.93. The van der Waals surface area contributed by atoms with Crippen molar-refractivity contribution in [3.05, 3.63) is 52.6 Å². The van der Waals surface area contributed by atoms with Gasteiger partial charge in [0, 0.05) is 26.2 Å². The van der Waals surface area contributed by atoms with Crippen molar-refractivity contribution in [2.45, 2.75) is 39.3 Å². The second-order valence-electron chi connectivity index (χ2n) is 7.41. The fraction of sp³-hybridized carbons (Fsp3) is 0.476. The number of nitrogens with zero attached hydrogens (tertiary/aromatic N) is 3. The molecule has 1 aromatic heterocycles. The molecule has 2 amide bonds. The maximum absolute atomic E-state index is 13.0. The second kappa shape index (κ2) is 8.14. The van der Waals surface area contributed by atoms with Crippen molar-refractivity contribution < 1.29 is 14.3 Å². The molecule has 0 atom stereocenters. The molecule has 7 heteroatoms. The number of aryl methyl sites for hydroxylation is 1. The summed E-state index contributed by atoms with van der Waals surface area (Å²) >= 11 is 0. The normalized spacial score (nSPS) is 16.5. The molecule has 1 aromatic carbocycles. The van der Waals surface area contributed by atoms with E-state index in [2.05, 4.69) is 10.3 Å². The Bertz CT molecular complexity index is 867. The first-order chi connectivity index (χ1) is 13.6. The van der Waals surface area contributed by atoms with Crippen LogP contribution in [0.2, 0.25) is 0 Å². The summed E-state index contributed by atoms with van der Waals surface area (Å²) in [5.74, 6) is 0.0229. The van der Waals surface area contributed by atoms with E-state index in [1.165, 1.54) is 5.56 Å². The molecule has 0 unspecified atom stereocenters. The highest BCUT2D eigenvalue weighted by atomic mass is 16.5. The van der Waals surface area contributed by atoms with Crippen molar-refractivity contribution in [3.63, 3.8) is 0 Å². The van der Waals surface area contributed by atoms with Crippen molar-refractivity contribution in [3.8, 4) is 0 Å². The van der Waals surface area contributed by atoms with Crippen LogP contribution >= 0.6 is 0 Å². The van der Waals surface area contributed by atoms with Gasteiger partial charge in [0.05, 0.1) is 18.9 Å². The Morgan fingerprint density at radius 3 is 2.61 bits per heavy atom. The van der Waals surface area contributed by atoms with E-state index >= 15 is 0 Å². The number of hydrogen-bond acceptors (Lipinski definition) is 4. The van der Waals surface area contributed by atoms with Gasteiger partial charge >= 0.3 is 0 Å². The lowest BCUT2D eigenvalue weighted by atomic mass is 10.1. The number of hydrogen-bond donors (Lipinski definition) is 1. The maximum atomic E-state index is 13.0. The van der Waals surface area contributed by atoms with Crippen molar-refractivity contribution in [1.82, 2.24) is 19.8 Å². The zero-order valence-electron chi connectivity index (χ0n) is 16.2. The van der Waals surface area contributed by atoms with Crippen molar-refractivity contribution in [2.75, 3.05) is 26.3 Å². The summed E-state index contributed by atoms with van der Waals surface area (Å²) in [4.78, 5) is 32.1. The van der Waals surface area contributed by atoms with Crippen LogP contribution < -0.4 is 5.32 Å². The van der Waals surface area contributed by atoms with Crippen LogP contribution in [0.15, 0.2) is 24.3 Å². The number of amides is 2. The number of rotatable bonds is 4. The zero-order chi connectivity index (χ0) is 19.5. The average molecular weight is 382 g/mol. The number of carbonyl (C=O) groups is 2. The number of carbonyl (C=O) groups excluding carboxylic acids is 2. The highest BCUT2D eigenvalue weighted by molar-refractivity contribution is 5.97. The molecule has 1 saturated heterocycles. The monoisotopic (exact) mass is 382 g/mol. The molecule has 0 bridgehead atoms. The molecule has 28 heavy (non-hydrogen) atoms. The van der Waals surface area contributed by atoms with Crippen molar-refractivity contribution >= 4 is 11.8 Å². The molecular weight excluding hydrogens is 356 g/mol. The molecule has 2 aromatic rings. The molecule has 7 nitrogen and oxygen atoms in total. The van der Waals surface area contributed by atoms with Gasteiger partial charge in [-0.05, 0) is 31.7 Å². The van der Waals surface area contributed by atoms with E-state index in [9.17, 15) is 9.59 Å². The largest absolute Gasteiger partial charge is 0.378 e. The Kier molecular flexibility index (Phi) is 5.43. The van der Waals surface area contributed by atoms with E-state index in [0.717, 1.165) is 37.1 Å². The third-order valence-electron chi connectivity index (χ3n) is 5.40. The zero-order valence-corrected chi connectivity index (χ0v) is 16.2. The third kappa shape index (κ3) is 3.80. The summed E-state index contributed by atoms with van der Waals surface area (Å²) in [6, 6.07) is 8.06. The van der Waals surface area contributed by atoms with Crippen LogP contribution in [0.1, 0.15) is 50.8 Å². The molecule has 2 aliphatic rings. The molecule has 0 aliphatic carbocycles. The number of benzene rings is 1. The number of fused-ring (bicyclic) bond motifs is 1. The standard InChI is InChI=1S/C21H26N4O3/c1-15-5-7-16(8-6-15)14-22-20(26)19-23-18(17-4-2-3-9-25(17)19)21(27)24-10-12-28-13-11-24/h5-8H,2-4,9-14H2,1H3,(H,22,26). The van der Waals surface area contributed by atoms with Crippen LogP contribution in [0.4, 0.5) is 0 Å². The summed E-state index contributed by atoms with van der Waals surface area (Å²) in [5, 5.41) is 2.95.